The minimum absolute atomic E-state index is 0.172. The Morgan fingerprint density at radius 3 is 2.62 bits per heavy atom. The molecule has 3 heterocycles. The molecule has 2 aromatic heterocycles. The van der Waals surface area contributed by atoms with Crippen LogP contribution in [0.2, 0.25) is 0 Å². The number of amides is 3. The van der Waals surface area contributed by atoms with Gasteiger partial charge < -0.3 is 5.32 Å². The minimum atomic E-state index is -0.771. The van der Waals surface area contributed by atoms with Crippen molar-refractivity contribution >= 4 is 35.1 Å². The molecule has 3 atom stereocenters. The summed E-state index contributed by atoms with van der Waals surface area (Å²) in [6, 6.07) is 4.80. The van der Waals surface area contributed by atoms with E-state index in [-0.39, 0.29) is 36.1 Å². The topological polar surface area (TPSA) is 96.7 Å². The first kappa shape index (κ1) is 19.9. The van der Waals surface area contributed by atoms with Crippen molar-refractivity contribution in [3.63, 3.8) is 0 Å². The van der Waals surface area contributed by atoms with Gasteiger partial charge in [0.15, 0.2) is 11.5 Å². The summed E-state index contributed by atoms with van der Waals surface area (Å²) < 4.78 is 1.80. The molecule has 154 valence electrons. The van der Waals surface area contributed by atoms with Crippen LogP contribution in [0.3, 0.4) is 0 Å². The van der Waals surface area contributed by atoms with Gasteiger partial charge in [-0.05, 0) is 43.4 Å². The van der Waals surface area contributed by atoms with Crippen molar-refractivity contribution in [1.82, 2.24) is 24.8 Å². The van der Waals surface area contributed by atoms with Gasteiger partial charge in [-0.25, -0.2) is 0 Å². The Labute approximate surface area is 173 Å². The number of fused-ring (bicyclic) bond motifs is 2. The van der Waals surface area contributed by atoms with E-state index >= 15 is 0 Å². The Kier molecular flexibility index (Phi) is 5.84. The molecule has 0 aromatic carbocycles. The molecule has 1 aliphatic heterocycles. The summed E-state index contributed by atoms with van der Waals surface area (Å²) in [6.45, 7) is 0.183. The van der Waals surface area contributed by atoms with Crippen LogP contribution in [0.15, 0.2) is 24.4 Å². The second-order valence-corrected chi connectivity index (χ2v) is 8.59. The maximum Gasteiger partial charge on any atom is 0.243 e. The van der Waals surface area contributed by atoms with Crippen LogP contribution in [0, 0.1) is 11.8 Å². The molecule has 0 radical (unpaired) electrons. The van der Waals surface area contributed by atoms with Gasteiger partial charge in [0.2, 0.25) is 17.7 Å². The summed E-state index contributed by atoms with van der Waals surface area (Å²) in [5, 5.41) is 11.1. The van der Waals surface area contributed by atoms with Crippen LogP contribution in [0.4, 0.5) is 0 Å². The number of hydrogen-bond acceptors (Lipinski definition) is 6. The van der Waals surface area contributed by atoms with Crippen molar-refractivity contribution in [3.8, 4) is 0 Å². The van der Waals surface area contributed by atoms with Gasteiger partial charge in [0, 0.05) is 6.20 Å². The predicted molar refractivity (Wildman–Crippen MR) is 109 cm³/mol. The van der Waals surface area contributed by atoms with E-state index in [1.807, 2.05) is 30.7 Å². The van der Waals surface area contributed by atoms with E-state index in [4.69, 9.17) is 0 Å². The number of thioether (sulfide) groups is 1. The molecule has 29 heavy (non-hydrogen) atoms. The predicted octanol–water partition coefficient (Wildman–Crippen LogP) is 1.64. The monoisotopic (exact) mass is 415 g/mol. The summed E-state index contributed by atoms with van der Waals surface area (Å²) in [5.41, 5.74) is 0.699. The quantitative estimate of drug-likeness (QED) is 0.691. The van der Waals surface area contributed by atoms with Gasteiger partial charge in [0.05, 0.1) is 18.4 Å². The van der Waals surface area contributed by atoms with Crippen LogP contribution < -0.4 is 5.32 Å². The Bertz CT molecular complexity index is 906. The van der Waals surface area contributed by atoms with Crippen molar-refractivity contribution in [2.24, 2.45) is 11.8 Å². The molecule has 9 heteroatoms. The van der Waals surface area contributed by atoms with E-state index in [0.29, 0.717) is 23.6 Å². The van der Waals surface area contributed by atoms with Gasteiger partial charge in [-0.3, -0.25) is 23.7 Å². The first-order chi connectivity index (χ1) is 14.1. The third-order valence-corrected chi connectivity index (χ3v) is 6.53. The number of carbonyl (C=O) groups is 3. The Morgan fingerprint density at radius 1 is 1.21 bits per heavy atom. The lowest BCUT2D eigenvalue weighted by molar-refractivity contribution is -0.148. The van der Waals surface area contributed by atoms with Crippen molar-refractivity contribution in [2.45, 2.75) is 44.7 Å². The highest BCUT2D eigenvalue weighted by Crippen LogP contribution is 2.39. The molecular formula is C20H25N5O3S. The molecule has 2 fully saturated rings. The van der Waals surface area contributed by atoms with E-state index in [9.17, 15) is 14.4 Å². The summed E-state index contributed by atoms with van der Waals surface area (Å²) in [6.07, 6.45) is 7.66. The molecule has 1 saturated heterocycles. The highest BCUT2D eigenvalue weighted by Gasteiger charge is 2.51. The van der Waals surface area contributed by atoms with Crippen LogP contribution in [-0.4, -0.2) is 55.3 Å². The summed E-state index contributed by atoms with van der Waals surface area (Å²) >= 11 is 1.60. The number of aromatic nitrogens is 3. The number of hydrogen-bond donors (Lipinski definition) is 1. The molecule has 2 aromatic rings. The van der Waals surface area contributed by atoms with Gasteiger partial charge in [-0.1, -0.05) is 18.9 Å². The van der Waals surface area contributed by atoms with Gasteiger partial charge in [0.1, 0.15) is 6.04 Å². The lowest BCUT2D eigenvalue weighted by atomic mass is 9.81. The Hall–Kier alpha value is -2.42. The standard InChI is InChI=1S/C20H25N5O3S/c1-29-11-9-15(25-19(27)13-6-2-3-7-14(13)20(25)28)18(26)21-12-17-23-22-16-8-4-5-10-24(16)17/h4-5,8,10,13-15H,2-3,6-7,9,11-12H2,1H3,(H,21,26)/t13-,14+,15-/m1/s1. The molecule has 0 unspecified atom stereocenters. The number of pyridine rings is 1. The lowest BCUT2D eigenvalue weighted by Gasteiger charge is -2.25. The van der Waals surface area contributed by atoms with Crippen LogP contribution in [0.1, 0.15) is 37.9 Å². The smallest absolute Gasteiger partial charge is 0.243 e. The van der Waals surface area contributed by atoms with Gasteiger partial charge in [-0.2, -0.15) is 11.8 Å². The highest BCUT2D eigenvalue weighted by molar-refractivity contribution is 7.98. The van der Waals surface area contributed by atoms with Crippen LogP contribution >= 0.6 is 11.8 Å². The Morgan fingerprint density at radius 2 is 1.93 bits per heavy atom. The molecular weight excluding hydrogens is 390 g/mol. The average Bonchev–Trinajstić information content (AvgIpc) is 3.27. The zero-order valence-electron chi connectivity index (χ0n) is 16.4. The second kappa shape index (κ2) is 8.52. The highest BCUT2D eigenvalue weighted by atomic mass is 32.2. The zero-order chi connectivity index (χ0) is 20.4. The van der Waals surface area contributed by atoms with Crippen molar-refractivity contribution in [1.29, 1.82) is 0 Å². The first-order valence-corrected chi connectivity index (χ1v) is 11.4. The third kappa shape index (κ3) is 3.75. The summed E-state index contributed by atoms with van der Waals surface area (Å²) in [4.78, 5) is 40.2. The maximum absolute atomic E-state index is 13.0. The molecule has 8 nitrogen and oxygen atoms in total. The maximum atomic E-state index is 13.0. The first-order valence-electron chi connectivity index (χ1n) is 10.0. The van der Waals surface area contributed by atoms with Crippen LogP contribution in [0.5, 0.6) is 0 Å². The van der Waals surface area contributed by atoms with Gasteiger partial charge >= 0.3 is 0 Å². The fourth-order valence-electron chi connectivity index (χ4n) is 4.40. The molecule has 0 spiro atoms. The molecule has 0 bridgehead atoms. The van der Waals surface area contributed by atoms with Gasteiger partial charge in [0.25, 0.3) is 0 Å². The molecule has 2 aliphatic rings. The largest absolute Gasteiger partial charge is 0.347 e. The minimum Gasteiger partial charge on any atom is -0.347 e. The van der Waals surface area contributed by atoms with E-state index in [1.54, 1.807) is 16.2 Å². The third-order valence-electron chi connectivity index (χ3n) is 5.89. The lowest BCUT2D eigenvalue weighted by Crippen LogP contribution is -2.50. The van der Waals surface area contributed by atoms with Crippen molar-refractivity contribution in [3.05, 3.63) is 30.2 Å². The molecule has 1 saturated carbocycles. The SMILES string of the molecule is CSCC[C@H](C(=O)NCc1nnc2ccccn12)N1C(=O)[C@H]2CCCC[C@H]2C1=O. The number of likely N-dealkylation sites (tertiary alicyclic amines) is 1. The van der Waals surface area contributed by atoms with Crippen LogP contribution in [-0.2, 0) is 20.9 Å². The zero-order valence-corrected chi connectivity index (χ0v) is 17.2. The fourth-order valence-corrected chi connectivity index (χ4v) is 4.86. The second-order valence-electron chi connectivity index (χ2n) is 7.60. The fraction of sp³-hybridized carbons (Fsp3) is 0.550. The number of carbonyl (C=O) groups excluding carboxylic acids is 3. The normalized spacial score (nSPS) is 22.7. The van der Waals surface area contributed by atoms with E-state index in [2.05, 4.69) is 15.5 Å². The van der Waals surface area contributed by atoms with Crippen LogP contribution in [0.25, 0.3) is 5.65 Å². The van der Waals surface area contributed by atoms with Crippen molar-refractivity contribution < 1.29 is 14.4 Å². The number of imide groups is 1. The summed E-state index contributed by atoms with van der Waals surface area (Å²) in [7, 11) is 0. The number of rotatable bonds is 7. The molecule has 1 aliphatic carbocycles. The van der Waals surface area contributed by atoms with Gasteiger partial charge in [-0.15, -0.1) is 10.2 Å². The molecule has 4 rings (SSSR count). The number of nitrogens with one attached hydrogen (secondary N) is 1. The van der Waals surface area contributed by atoms with E-state index in [0.717, 1.165) is 25.7 Å². The summed E-state index contributed by atoms with van der Waals surface area (Å²) in [5.74, 6) is 0.140. The Balaban J connectivity index is 1.50. The van der Waals surface area contributed by atoms with Crippen molar-refractivity contribution in [2.75, 3.05) is 12.0 Å². The average molecular weight is 416 g/mol. The number of nitrogens with zero attached hydrogens (tertiary/aromatic N) is 4. The van der Waals surface area contributed by atoms with E-state index in [1.165, 1.54) is 4.90 Å². The molecule has 3 amide bonds. The van der Waals surface area contributed by atoms with E-state index < -0.39 is 6.04 Å². The molecule has 1 N–H and O–H groups in total.